The van der Waals surface area contributed by atoms with E-state index in [0.29, 0.717) is 12.8 Å². The number of nitrogens with zero attached hydrogens (tertiary/aromatic N) is 1. The molecule has 1 aromatic heterocycles. The number of aromatic nitrogens is 1. The van der Waals surface area contributed by atoms with Crippen LogP contribution in [0, 0.1) is 11.4 Å². The number of pyridine rings is 1. The van der Waals surface area contributed by atoms with Crippen LogP contribution in [0.3, 0.4) is 0 Å². The van der Waals surface area contributed by atoms with Gasteiger partial charge in [-0.25, -0.2) is 4.98 Å². The van der Waals surface area contributed by atoms with E-state index in [0.717, 1.165) is 18.7 Å². The molecule has 0 spiro atoms. The number of carbonyl (C=O) groups excluding carboxylic acids is 1. The maximum atomic E-state index is 12.7. The highest BCUT2D eigenvalue weighted by atomic mass is 19.1. The summed E-state index contributed by atoms with van der Waals surface area (Å²) in [5.41, 5.74) is -0.718. The van der Waals surface area contributed by atoms with Gasteiger partial charge in [-0.15, -0.1) is 0 Å². The summed E-state index contributed by atoms with van der Waals surface area (Å²) in [7, 11) is 0. The summed E-state index contributed by atoms with van der Waals surface area (Å²) in [6, 6.07) is 2.01. The molecule has 0 bridgehead atoms. The number of carboxylic acids is 1. The van der Waals surface area contributed by atoms with Gasteiger partial charge in [0.15, 0.2) is 0 Å². The molecule has 5 nitrogen and oxygen atoms in total. The quantitative estimate of drug-likeness (QED) is 0.814. The Kier molecular flexibility index (Phi) is 3.50. The molecule has 0 radical (unpaired) electrons. The second-order valence-corrected chi connectivity index (χ2v) is 5.01. The summed E-state index contributed by atoms with van der Waals surface area (Å²) in [6.07, 6.45) is 3.06. The third kappa shape index (κ3) is 2.57. The Morgan fingerprint density at radius 3 is 2.84 bits per heavy atom. The fourth-order valence-electron chi connectivity index (χ4n) is 2.41. The first-order valence-corrected chi connectivity index (χ1v) is 6.09. The number of carbonyl (C=O) groups is 2. The highest BCUT2D eigenvalue weighted by Gasteiger charge is 2.45. The number of rotatable bonds is 3. The molecule has 1 amide bonds. The van der Waals surface area contributed by atoms with Crippen LogP contribution in [0.1, 0.15) is 36.5 Å². The Hall–Kier alpha value is -1.98. The minimum absolute atomic E-state index is 0.223. The average molecular weight is 266 g/mol. The lowest BCUT2D eigenvalue weighted by Crippen LogP contribution is -2.47. The minimum atomic E-state index is -0.941. The van der Waals surface area contributed by atoms with Crippen LogP contribution in [0.5, 0.6) is 0 Å². The van der Waals surface area contributed by atoms with Gasteiger partial charge in [0.05, 0.1) is 11.0 Å². The lowest BCUT2D eigenvalue weighted by Gasteiger charge is -2.27. The van der Waals surface area contributed by atoms with Crippen molar-refractivity contribution in [3.63, 3.8) is 0 Å². The van der Waals surface area contributed by atoms with Gasteiger partial charge in [0, 0.05) is 12.2 Å². The van der Waals surface area contributed by atoms with E-state index in [1.165, 1.54) is 6.07 Å². The number of carboxylic acid groups (broad SMARTS) is 1. The summed E-state index contributed by atoms with van der Waals surface area (Å²) in [5, 5.41) is 12.0. The molecule has 0 saturated heterocycles. The smallest absolute Gasteiger partial charge is 0.311 e. The van der Waals surface area contributed by atoms with Gasteiger partial charge >= 0.3 is 5.97 Å². The Morgan fingerprint density at radius 2 is 2.26 bits per heavy atom. The molecular formula is C13H15FN2O3. The topological polar surface area (TPSA) is 79.3 Å². The van der Waals surface area contributed by atoms with Crippen molar-refractivity contribution in [2.45, 2.75) is 32.2 Å². The number of halogens is 1. The first-order valence-electron chi connectivity index (χ1n) is 6.09. The molecule has 0 aliphatic heterocycles. The van der Waals surface area contributed by atoms with Crippen molar-refractivity contribution < 1.29 is 19.1 Å². The van der Waals surface area contributed by atoms with E-state index < -0.39 is 29.3 Å². The van der Waals surface area contributed by atoms with Gasteiger partial charge < -0.3 is 10.4 Å². The molecule has 0 aromatic carbocycles. The largest absolute Gasteiger partial charge is 0.481 e. The van der Waals surface area contributed by atoms with E-state index in [2.05, 4.69) is 10.3 Å². The molecule has 19 heavy (non-hydrogen) atoms. The van der Waals surface area contributed by atoms with E-state index in [4.69, 9.17) is 0 Å². The first kappa shape index (κ1) is 13.5. The van der Waals surface area contributed by atoms with Crippen molar-refractivity contribution in [3.05, 3.63) is 29.8 Å². The highest BCUT2D eigenvalue weighted by Crippen LogP contribution is 2.38. The van der Waals surface area contributed by atoms with Crippen LogP contribution in [-0.4, -0.2) is 28.0 Å². The van der Waals surface area contributed by atoms with E-state index in [1.807, 2.05) is 0 Å². The molecule has 2 N–H and O–H groups in total. The molecule has 1 saturated carbocycles. The fraction of sp³-hybridized carbons (Fsp3) is 0.462. The van der Waals surface area contributed by atoms with Crippen LogP contribution in [-0.2, 0) is 4.79 Å². The Balaban J connectivity index is 2.10. The third-order valence-corrected chi connectivity index (χ3v) is 3.74. The lowest BCUT2D eigenvalue weighted by atomic mass is 9.85. The van der Waals surface area contributed by atoms with Gasteiger partial charge in [0.2, 0.25) is 5.95 Å². The molecule has 1 aliphatic carbocycles. The molecule has 2 unspecified atom stereocenters. The molecule has 1 heterocycles. The van der Waals surface area contributed by atoms with Crippen molar-refractivity contribution in [2.75, 3.05) is 0 Å². The van der Waals surface area contributed by atoms with Crippen molar-refractivity contribution in [3.8, 4) is 0 Å². The fourth-order valence-corrected chi connectivity index (χ4v) is 2.41. The molecule has 1 fully saturated rings. The summed E-state index contributed by atoms with van der Waals surface area (Å²) >= 11 is 0. The molecule has 6 heteroatoms. The van der Waals surface area contributed by atoms with Crippen LogP contribution in [0.4, 0.5) is 4.39 Å². The standard InChI is InChI=1S/C13H15FN2O3/c1-13(12(18)19)6-2-3-9(13)16-11(17)8-4-5-10(14)15-7-8/h4-5,7,9H,2-3,6H2,1H3,(H,16,17)(H,18,19). The number of aliphatic carboxylic acids is 1. The zero-order valence-electron chi connectivity index (χ0n) is 10.5. The molecule has 1 aromatic rings. The van der Waals surface area contributed by atoms with Gasteiger partial charge in [0.25, 0.3) is 5.91 Å². The maximum Gasteiger partial charge on any atom is 0.311 e. The monoisotopic (exact) mass is 266 g/mol. The number of nitrogens with one attached hydrogen (secondary N) is 1. The van der Waals surface area contributed by atoms with Crippen molar-refractivity contribution in [2.24, 2.45) is 5.41 Å². The molecular weight excluding hydrogens is 251 g/mol. The van der Waals surface area contributed by atoms with E-state index >= 15 is 0 Å². The minimum Gasteiger partial charge on any atom is -0.481 e. The molecule has 2 rings (SSSR count). The summed E-state index contributed by atoms with van der Waals surface area (Å²) in [6.45, 7) is 1.64. The van der Waals surface area contributed by atoms with Crippen molar-refractivity contribution >= 4 is 11.9 Å². The summed E-state index contributed by atoms with van der Waals surface area (Å²) in [5.74, 6) is -1.99. The number of amides is 1. The highest BCUT2D eigenvalue weighted by molar-refractivity contribution is 5.94. The van der Waals surface area contributed by atoms with Gasteiger partial charge in [-0.1, -0.05) is 6.42 Å². The average Bonchev–Trinajstić information content (AvgIpc) is 2.73. The van der Waals surface area contributed by atoms with E-state index in [1.54, 1.807) is 6.92 Å². The van der Waals surface area contributed by atoms with Gasteiger partial charge in [-0.3, -0.25) is 9.59 Å². The van der Waals surface area contributed by atoms with Gasteiger partial charge in [0.1, 0.15) is 0 Å². The first-order chi connectivity index (χ1) is 8.93. The second kappa shape index (κ2) is 4.95. The predicted octanol–water partition coefficient (Wildman–Crippen LogP) is 1.59. The maximum absolute atomic E-state index is 12.7. The Labute approximate surface area is 109 Å². The Bertz CT molecular complexity index is 503. The van der Waals surface area contributed by atoms with E-state index in [9.17, 15) is 19.1 Å². The molecule has 1 aliphatic rings. The number of hydrogen-bond donors (Lipinski definition) is 2. The summed E-state index contributed by atoms with van der Waals surface area (Å²) < 4.78 is 12.7. The zero-order chi connectivity index (χ0) is 14.0. The van der Waals surface area contributed by atoms with Crippen LogP contribution in [0.15, 0.2) is 18.3 Å². The van der Waals surface area contributed by atoms with Crippen molar-refractivity contribution in [1.29, 1.82) is 0 Å². The van der Waals surface area contributed by atoms with Gasteiger partial charge in [-0.2, -0.15) is 4.39 Å². The predicted molar refractivity (Wildman–Crippen MR) is 65.0 cm³/mol. The van der Waals surface area contributed by atoms with Crippen LogP contribution in [0.25, 0.3) is 0 Å². The Morgan fingerprint density at radius 1 is 1.53 bits per heavy atom. The van der Waals surface area contributed by atoms with Crippen LogP contribution < -0.4 is 5.32 Å². The van der Waals surface area contributed by atoms with Gasteiger partial charge in [-0.05, 0) is 31.9 Å². The third-order valence-electron chi connectivity index (χ3n) is 3.74. The van der Waals surface area contributed by atoms with Crippen LogP contribution in [0.2, 0.25) is 0 Å². The molecule has 102 valence electrons. The second-order valence-electron chi connectivity index (χ2n) is 5.01. The molecule has 2 atom stereocenters. The zero-order valence-corrected chi connectivity index (χ0v) is 10.5. The normalized spacial score (nSPS) is 26.1. The van der Waals surface area contributed by atoms with E-state index in [-0.39, 0.29) is 5.56 Å². The SMILES string of the molecule is CC1(C(=O)O)CCCC1NC(=O)c1ccc(F)nc1. The lowest BCUT2D eigenvalue weighted by molar-refractivity contribution is -0.148. The number of hydrogen-bond acceptors (Lipinski definition) is 3. The van der Waals surface area contributed by atoms with Crippen molar-refractivity contribution in [1.82, 2.24) is 10.3 Å². The van der Waals surface area contributed by atoms with Crippen LogP contribution >= 0.6 is 0 Å². The summed E-state index contributed by atoms with van der Waals surface area (Å²) in [4.78, 5) is 26.6.